The number of anilines is 1. The third-order valence-electron chi connectivity index (χ3n) is 4.76. The molecular weight excluding hydrogens is 335 g/mol. The van der Waals surface area contributed by atoms with E-state index in [-0.39, 0.29) is 17.9 Å². The van der Waals surface area contributed by atoms with E-state index in [1.165, 1.54) is 12.3 Å². The van der Waals surface area contributed by atoms with Gasteiger partial charge in [-0.25, -0.2) is 4.98 Å². The lowest BCUT2D eigenvalue weighted by atomic mass is 9.96. The van der Waals surface area contributed by atoms with E-state index in [2.05, 4.69) is 10.3 Å². The van der Waals surface area contributed by atoms with E-state index in [4.69, 9.17) is 4.74 Å². The van der Waals surface area contributed by atoms with Crippen molar-refractivity contribution in [2.24, 2.45) is 5.92 Å². The Morgan fingerprint density at radius 1 is 1.24 bits per heavy atom. The van der Waals surface area contributed by atoms with Crippen LogP contribution in [0.1, 0.15) is 31.4 Å². The van der Waals surface area contributed by atoms with Crippen molar-refractivity contribution in [3.05, 3.63) is 24.0 Å². The summed E-state index contributed by atoms with van der Waals surface area (Å²) in [6, 6.07) is 2.57. The minimum atomic E-state index is -4.44. The number of rotatable bonds is 3. The molecule has 2 aliphatic rings. The van der Waals surface area contributed by atoms with Crippen molar-refractivity contribution in [2.75, 3.05) is 31.2 Å². The summed E-state index contributed by atoms with van der Waals surface area (Å²) >= 11 is 0. The van der Waals surface area contributed by atoms with Crippen LogP contribution in [0.3, 0.4) is 0 Å². The summed E-state index contributed by atoms with van der Waals surface area (Å²) in [7, 11) is 0. The van der Waals surface area contributed by atoms with Gasteiger partial charge in [-0.1, -0.05) is 0 Å². The average molecular weight is 357 g/mol. The molecule has 1 aromatic rings. The first-order chi connectivity index (χ1) is 11.9. The van der Waals surface area contributed by atoms with Crippen LogP contribution in [0.4, 0.5) is 18.9 Å². The van der Waals surface area contributed by atoms with E-state index < -0.39 is 11.9 Å². The SMILES string of the molecule is O=C(NC1CCOCC1)C1CCCN(c2ccc(C(F)(F)F)nc2)C1. The fraction of sp³-hybridized carbons (Fsp3) is 0.647. The summed E-state index contributed by atoms with van der Waals surface area (Å²) in [5, 5.41) is 3.08. The van der Waals surface area contributed by atoms with Crippen LogP contribution < -0.4 is 10.2 Å². The molecule has 25 heavy (non-hydrogen) atoms. The molecule has 1 atom stereocenters. The van der Waals surface area contributed by atoms with E-state index in [0.29, 0.717) is 32.0 Å². The number of amides is 1. The van der Waals surface area contributed by atoms with E-state index in [1.54, 1.807) is 0 Å². The lowest BCUT2D eigenvalue weighted by Crippen LogP contribution is -2.47. The number of ether oxygens (including phenoxy) is 1. The second kappa shape index (κ2) is 7.59. The molecule has 0 aliphatic carbocycles. The highest BCUT2D eigenvalue weighted by Crippen LogP contribution is 2.29. The third kappa shape index (κ3) is 4.62. The van der Waals surface area contributed by atoms with E-state index in [1.807, 2.05) is 4.90 Å². The number of carbonyl (C=O) groups is 1. The van der Waals surface area contributed by atoms with Crippen LogP contribution in [0.15, 0.2) is 18.3 Å². The molecule has 3 heterocycles. The molecule has 0 radical (unpaired) electrons. The Labute approximate surface area is 144 Å². The lowest BCUT2D eigenvalue weighted by molar-refractivity contribution is -0.141. The van der Waals surface area contributed by atoms with Crippen molar-refractivity contribution in [3.63, 3.8) is 0 Å². The minimum absolute atomic E-state index is 0.0245. The highest BCUT2D eigenvalue weighted by molar-refractivity contribution is 5.80. The van der Waals surface area contributed by atoms with Gasteiger partial charge in [0.1, 0.15) is 5.69 Å². The van der Waals surface area contributed by atoms with Gasteiger partial charge < -0.3 is 15.0 Å². The van der Waals surface area contributed by atoms with Gasteiger partial charge in [-0.3, -0.25) is 4.79 Å². The van der Waals surface area contributed by atoms with Gasteiger partial charge in [0.2, 0.25) is 5.91 Å². The maximum atomic E-state index is 12.6. The molecule has 1 amide bonds. The maximum absolute atomic E-state index is 12.6. The number of carbonyl (C=O) groups excluding carboxylic acids is 1. The standard InChI is InChI=1S/C17H22F3N3O2/c18-17(19,20)15-4-3-14(10-21-15)23-7-1-2-12(11-23)16(24)22-13-5-8-25-9-6-13/h3-4,10,12-13H,1-2,5-9,11H2,(H,22,24). The predicted octanol–water partition coefficient (Wildman–Crippen LogP) is 2.61. The molecule has 3 rings (SSSR count). The number of hydrogen-bond donors (Lipinski definition) is 1. The fourth-order valence-electron chi connectivity index (χ4n) is 3.33. The van der Waals surface area contributed by atoms with Crippen LogP contribution in [0.5, 0.6) is 0 Å². The number of hydrogen-bond acceptors (Lipinski definition) is 4. The molecule has 0 saturated carbocycles. The number of aromatic nitrogens is 1. The predicted molar refractivity (Wildman–Crippen MR) is 86.2 cm³/mol. The summed E-state index contributed by atoms with van der Waals surface area (Å²) in [6.07, 6.45) is 0.0661. The Balaban J connectivity index is 1.59. The topological polar surface area (TPSA) is 54.5 Å². The second-order valence-corrected chi connectivity index (χ2v) is 6.58. The molecular formula is C17H22F3N3O2. The molecule has 138 valence electrons. The Bertz CT molecular complexity index is 586. The van der Waals surface area contributed by atoms with Crippen molar-refractivity contribution in [1.29, 1.82) is 0 Å². The Hall–Kier alpha value is -1.83. The van der Waals surface area contributed by atoms with Crippen molar-refractivity contribution in [1.82, 2.24) is 10.3 Å². The molecule has 2 aliphatic heterocycles. The van der Waals surface area contributed by atoms with Crippen LogP contribution in [-0.4, -0.2) is 43.2 Å². The molecule has 1 unspecified atom stereocenters. The number of nitrogens with zero attached hydrogens (tertiary/aromatic N) is 2. The van der Waals surface area contributed by atoms with Crippen molar-refractivity contribution < 1.29 is 22.7 Å². The smallest absolute Gasteiger partial charge is 0.381 e. The van der Waals surface area contributed by atoms with E-state index >= 15 is 0 Å². The third-order valence-corrected chi connectivity index (χ3v) is 4.76. The van der Waals surface area contributed by atoms with Crippen LogP contribution in [0.25, 0.3) is 0 Å². The minimum Gasteiger partial charge on any atom is -0.381 e. The van der Waals surface area contributed by atoms with Gasteiger partial charge in [-0.05, 0) is 37.8 Å². The van der Waals surface area contributed by atoms with Gasteiger partial charge in [0, 0.05) is 32.3 Å². The Morgan fingerprint density at radius 2 is 2.00 bits per heavy atom. The second-order valence-electron chi connectivity index (χ2n) is 6.58. The summed E-state index contributed by atoms with van der Waals surface area (Å²) in [5.41, 5.74) is -0.279. The molecule has 8 heteroatoms. The number of alkyl halides is 3. The largest absolute Gasteiger partial charge is 0.433 e. The highest BCUT2D eigenvalue weighted by Gasteiger charge is 2.33. The summed E-state index contributed by atoms with van der Waals surface area (Å²) in [6.45, 7) is 2.55. The van der Waals surface area contributed by atoms with Gasteiger partial charge in [-0.15, -0.1) is 0 Å². The summed E-state index contributed by atoms with van der Waals surface area (Å²) in [5.74, 6) is -0.129. The molecule has 0 aromatic carbocycles. The van der Waals surface area contributed by atoms with Gasteiger partial charge >= 0.3 is 6.18 Å². The quantitative estimate of drug-likeness (QED) is 0.904. The van der Waals surface area contributed by atoms with Crippen molar-refractivity contribution in [3.8, 4) is 0 Å². The van der Waals surface area contributed by atoms with Gasteiger partial charge in [-0.2, -0.15) is 13.2 Å². The highest BCUT2D eigenvalue weighted by atomic mass is 19.4. The van der Waals surface area contributed by atoms with E-state index in [9.17, 15) is 18.0 Å². The zero-order valence-electron chi connectivity index (χ0n) is 13.9. The molecule has 2 fully saturated rings. The first-order valence-corrected chi connectivity index (χ1v) is 8.60. The monoisotopic (exact) mass is 357 g/mol. The zero-order valence-corrected chi connectivity index (χ0v) is 13.9. The van der Waals surface area contributed by atoms with Crippen LogP contribution in [0.2, 0.25) is 0 Å². The number of piperidine rings is 1. The normalized spacial score (nSPS) is 22.7. The molecule has 5 nitrogen and oxygen atoms in total. The lowest BCUT2D eigenvalue weighted by Gasteiger charge is -2.34. The molecule has 1 N–H and O–H groups in total. The Kier molecular flexibility index (Phi) is 5.46. The summed E-state index contributed by atoms with van der Waals surface area (Å²) < 4.78 is 43.1. The van der Waals surface area contributed by atoms with Crippen molar-refractivity contribution >= 4 is 11.6 Å². The Morgan fingerprint density at radius 3 is 2.64 bits per heavy atom. The first-order valence-electron chi connectivity index (χ1n) is 8.60. The molecule has 0 spiro atoms. The summed E-state index contributed by atoms with van der Waals surface area (Å²) in [4.78, 5) is 17.9. The average Bonchev–Trinajstić information content (AvgIpc) is 2.62. The van der Waals surface area contributed by atoms with Crippen LogP contribution >= 0.6 is 0 Å². The van der Waals surface area contributed by atoms with Gasteiger partial charge in [0.15, 0.2) is 0 Å². The first kappa shape index (κ1) is 18.0. The van der Waals surface area contributed by atoms with Crippen LogP contribution in [0, 0.1) is 5.92 Å². The maximum Gasteiger partial charge on any atom is 0.433 e. The molecule has 0 bridgehead atoms. The molecule has 1 aromatic heterocycles. The number of pyridine rings is 1. The van der Waals surface area contributed by atoms with Gasteiger partial charge in [0.05, 0.1) is 17.8 Å². The van der Waals surface area contributed by atoms with Crippen molar-refractivity contribution in [2.45, 2.75) is 37.9 Å². The van der Waals surface area contributed by atoms with Crippen LogP contribution in [-0.2, 0) is 15.7 Å². The molecule has 2 saturated heterocycles. The number of halogens is 3. The fourth-order valence-corrected chi connectivity index (χ4v) is 3.33. The van der Waals surface area contributed by atoms with E-state index in [0.717, 1.165) is 31.7 Å². The number of nitrogens with one attached hydrogen (secondary N) is 1. The zero-order chi connectivity index (χ0) is 17.9. The van der Waals surface area contributed by atoms with Gasteiger partial charge in [0.25, 0.3) is 0 Å².